The maximum atomic E-state index is 4.83. The number of aromatic nitrogens is 2. The number of aryl methyl sites for hydroxylation is 1. The summed E-state index contributed by atoms with van der Waals surface area (Å²) in [4.78, 5) is 8.38. The molecule has 3 heteroatoms. The Bertz CT molecular complexity index is 562. The predicted molar refractivity (Wildman–Crippen MR) is 74.8 cm³/mol. The Labute approximate surface area is 108 Å². The van der Waals surface area contributed by atoms with Crippen LogP contribution >= 0.6 is 0 Å². The van der Waals surface area contributed by atoms with Gasteiger partial charge in [0.2, 0.25) is 0 Å². The maximum Gasteiger partial charge on any atom is 0.115 e. The molecule has 3 rings (SSSR count). The maximum absolute atomic E-state index is 4.83. The summed E-state index contributed by atoms with van der Waals surface area (Å²) < 4.78 is 0. The second kappa shape index (κ2) is 4.09. The fraction of sp³-hybridized carbons (Fsp3) is 0.533. The minimum Gasteiger partial charge on any atom is -0.341 e. The molecule has 1 aromatic heterocycles. The summed E-state index contributed by atoms with van der Waals surface area (Å²) in [5, 5.41) is 3.49. The molecule has 0 saturated carbocycles. The van der Waals surface area contributed by atoms with Crippen LogP contribution in [0.4, 0.5) is 0 Å². The second-order valence-electron chi connectivity index (χ2n) is 5.84. The highest BCUT2D eigenvalue weighted by Gasteiger charge is 2.41. The van der Waals surface area contributed by atoms with Gasteiger partial charge in [0.15, 0.2) is 0 Å². The fourth-order valence-electron chi connectivity index (χ4n) is 3.04. The molecule has 2 heterocycles. The molecule has 1 aromatic carbocycles. The third-order valence-corrected chi connectivity index (χ3v) is 4.40. The number of fused-ring (bicyclic) bond motifs is 1. The van der Waals surface area contributed by atoms with E-state index in [4.69, 9.17) is 4.98 Å². The Morgan fingerprint density at radius 3 is 2.83 bits per heavy atom. The van der Waals surface area contributed by atoms with Crippen molar-refractivity contribution in [2.45, 2.75) is 32.6 Å². The molecule has 3 nitrogen and oxygen atoms in total. The van der Waals surface area contributed by atoms with Crippen LogP contribution in [0, 0.1) is 12.8 Å². The first kappa shape index (κ1) is 11.7. The number of hydrogen-bond donors (Lipinski definition) is 2. The van der Waals surface area contributed by atoms with Crippen molar-refractivity contribution < 1.29 is 0 Å². The highest BCUT2D eigenvalue weighted by molar-refractivity contribution is 5.76. The lowest BCUT2D eigenvalue weighted by molar-refractivity contribution is 0.321. The van der Waals surface area contributed by atoms with Gasteiger partial charge in [0.05, 0.1) is 11.0 Å². The van der Waals surface area contributed by atoms with Crippen LogP contribution in [-0.2, 0) is 5.41 Å². The van der Waals surface area contributed by atoms with E-state index in [1.165, 1.54) is 12.0 Å². The lowest BCUT2D eigenvalue weighted by Gasteiger charge is -2.30. The molecule has 0 aliphatic carbocycles. The molecule has 0 radical (unpaired) electrons. The van der Waals surface area contributed by atoms with Crippen LogP contribution in [0.25, 0.3) is 11.0 Å². The molecule has 1 fully saturated rings. The van der Waals surface area contributed by atoms with Crippen LogP contribution in [0.2, 0.25) is 0 Å². The van der Waals surface area contributed by atoms with E-state index in [1.54, 1.807) is 0 Å². The fourth-order valence-corrected chi connectivity index (χ4v) is 3.04. The van der Waals surface area contributed by atoms with Crippen LogP contribution in [-0.4, -0.2) is 23.1 Å². The largest absolute Gasteiger partial charge is 0.341 e. The van der Waals surface area contributed by atoms with Crippen molar-refractivity contribution in [1.29, 1.82) is 0 Å². The quantitative estimate of drug-likeness (QED) is 0.851. The van der Waals surface area contributed by atoms with E-state index in [1.807, 2.05) is 0 Å². The molecule has 1 aliphatic heterocycles. The zero-order valence-corrected chi connectivity index (χ0v) is 11.4. The van der Waals surface area contributed by atoms with Crippen LogP contribution in [0.5, 0.6) is 0 Å². The van der Waals surface area contributed by atoms with Crippen molar-refractivity contribution in [1.82, 2.24) is 15.3 Å². The Kier molecular flexibility index (Phi) is 2.67. The monoisotopic (exact) mass is 243 g/mol. The summed E-state index contributed by atoms with van der Waals surface area (Å²) in [5.74, 6) is 1.75. The molecule has 2 aromatic rings. The topological polar surface area (TPSA) is 40.7 Å². The van der Waals surface area contributed by atoms with E-state index in [9.17, 15) is 0 Å². The third kappa shape index (κ3) is 1.65. The summed E-state index contributed by atoms with van der Waals surface area (Å²) >= 11 is 0. The standard InChI is InChI=1S/C15H21N3/c1-10(2)15(6-7-16-9-15)14-17-12-5-4-11(3)8-13(12)18-14/h4-5,8,10,16H,6-7,9H2,1-3H3,(H,17,18). The summed E-state index contributed by atoms with van der Waals surface area (Å²) in [6.07, 6.45) is 1.17. The number of rotatable bonds is 2. The van der Waals surface area contributed by atoms with Gasteiger partial charge < -0.3 is 10.3 Å². The molecule has 1 unspecified atom stereocenters. The molecule has 0 bridgehead atoms. The molecule has 2 N–H and O–H groups in total. The highest BCUT2D eigenvalue weighted by atomic mass is 15.0. The van der Waals surface area contributed by atoms with Crippen molar-refractivity contribution in [3.63, 3.8) is 0 Å². The average molecular weight is 243 g/mol. The summed E-state index contributed by atoms with van der Waals surface area (Å²) in [5.41, 5.74) is 3.70. The molecular formula is C15H21N3. The number of hydrogen-bond acceptors (Lipinski definition) is 2. The smallest absolute Gasteiger partial charge is 0.115 e. The number of H-pyrrole nitrogens is 1. The molecule has 0 amide bonds. The molecule has 1 atom stereocenters. The first-order chi connectivity index (χ1) is 8.62. The lowest BCUT2D eigenvalue weighted by Crippen LogP contribution is -2.35. The van der Waals surface area contributed by atoms with E-state index in [0.717, 1.165) is 29.9 Å². The van der Waals surface area contributed by atoms with Crippen LogP contribution in [0.15, 0.2) is 18.2 Å². The first-order valence-electron chi connectivity index (χ1n) is 6.79. The number of imidazole rings is 1. The molecule has 0 spiro atoms. The van der Waals surface area contributed by atoms with Crippen molar-refractivity contribution in [3.05, 3.63) is 29.6 Å². The van der Waals surface area contributed by atoms with Gasteiger partial charge in [-0.15, -0.1) is 0 Å². The normalized spacial score (nSPS) is 24.2. The Balaban J connectivity index is 2.12. The minimum absolute atomic E-state index is 0.174. The van der Waals surface area contributed by atoms with E-state index in [2.05, 4.69) is 49.3 Å². The molecular weight excluding hydrogens is 222 g/mol. The van der Waals surface area contributed by atoms with E-state index >= 15 is 0 Å². The number of benzene rings is 1. The molecule has 96 valence electrons. The molecule has 1 saturated heterocycles. The third-order valence-electron chi connectivity index (χ3n) is 4.40. The van der Waals surface area contributed by atoms with E-state index in [0.29, 0.717) is 5.92 Å². The van der Waals surface area contributed by atoms with Gasteiger partial charge >= 0.3 is 0 Å². The number of nitrogens with one attached hydrogen (secondary N) is 2. The molecule has 18 heavy (non-hydrogen) atoms. The van der Waals surface area contributed by atoms with Gasteiger partial charge in [0.25, 0.3) is 0 Å². The van der Waals surface area contributed by atoms with Gasteiger partial charge in [0.1, 0.15) is 5.82 Å². The average Bonchev–Trinajstić information content (AvgIpc) is 2.94. The SMILES string of the molecule is Cc1ccc2nc(C3(C(C)C)CCNC3)[nH]c2c1. The van der Waals surface area contributed by atoms with E-state index in [-0.39, 0.29) is 5.41 Å². The van der Waals surface area contributed by atoms with Crippen LogP contribution in [0.3, 0.4) is 0 Å². The Hall–Kier alpha value is -1.35. The summed E-state index contributed by atoms with van der Waals surface area (Å²) in [6, 6.07) is 6.42. The van der Waals surface area contributed by atoms with Gasteiger partial charge in [-0.25, -0.2) is 4.98 Å². The molecule has 1 aliphatic rings. The number of nitrogens with zero attached hydrogens (tertiary/aromatic N) is 1. The Morgan fingerprint density at radius 1 is 1.33 bits per heavy atom. The van der Waals surface area contributed by atoms with Crippen molar-refractivity contribution >= 4 is 11.0 Å². The Morgan fingerprint density at radius 2 is 2.17 bits per heavy atom. The van der Waals surface area contributed by atoms with Crippen LogP contribution in [0.1, 0.15) is 31.7 Å². The minimum atomic E-state index is 0.174. The summed E-state index contributed by atoms with van der Waals surface area (Å²) in [7, 11) is 0. The van der Waals surface area contributed by atoms with Crippen molar-refractivity contribution in [2.75, 3.05) is 13.1 Å². The zero-order valence-electron chi connectivity index (χ0n) is 11.4. The highest BCUT2D eigenvalue weighted by Crippen LogP contribution is 2.37. The lowest BCUT2D eigenvalue weighted by atomic mass is 9.76. The summed E-state index contributed by atoms with van der Waals surface area (Å²) in [6.45, 7) is 8.84. The van der Waals surface area contributed by atoms with Gasteiger partial charge in [-0.3, -0.25) is 0 Å². The zero-order chi connectivity index (χ0) is 12.8. The number of aromatic amines is 1. The second-order valence-corrected chi connectivity index (χ2v) is 5.84. The first-order valence-corrected chi connectivity index (χ1v) is 6.79. The van der Waals surface area contributed by atoms with Crippen LogP contribution < -0.4 is 5.32 Å². The predicted octanol–water partition coefficient (Wildman–Crippen LogP) is 2.76. The van der Waals surface area contributed by atoms with Gasteiger partial charge in [-0.2, -0.15) is 0 Å². The van der Waals surface area contributed by atoms with Crippen molar-refractivity contribution in [2.24, 2.45) is 5.92 Å². The van der Waals surface area contributed by atoms with Gasteiger partial charge in [-0.05, 0) is 43.5 Å². The van der Waals surface area contributed by atoms with Crippen molar-refractivity contribution in [3.8, 4) is 0 Å². The van der Waals surface area contributed by atoms with Gasteiger partial charge in [0, 0.05) is 12.0 Å². The van der Waals surface area contributed by atoms with Gasteiger partial charge in [-0.1, -0.05) is 19.9 Å². The van der Waals surface area contributed by atoms with E-state index < -0.39 is 0 Å².